The number of hydrogen-bond donors (Lipinski definition) is 1. The van der Waals surface area contributed by atoms with Gasteiger partial charge in [-0.3, -0.25) is 4.40 Å². The number of benzene rings is 1. The molecule has 0 radical (unpaired) electrons. The number of carboxylic acids is 1. The topological polar surface area (TPSA) is 67.5 Å². The average molecular weight is 321 g/mol. The number of fused-ring (bicyclic) bond motifs is 1. The minimum atomic E-state index is -4.41. The van der Waals surface area contributed by atoms with Crippen molar-refractivity contribution in [1.29, 1.82) is 0 Å². The first-order chi connectivity index (χ1) is 10.8. The highest BCUT2D eigenvalue weighted by molar-refractivity contribution is 5.85. The van der Waals surface area contributed by atoms with Crippen molar-refractivity contribution >= 4 is 11.6 Å². The van der Waals surface area contributed by atoms with E-state index in [2.05, 4.69) is 9.97 Å². The van der Waals surface area contributed by atoms with Crippen LogP contribution in [0.15, 0.2) is 36.7 Å². The molecule has 3 aromatic rings. The summed E-state index contributed by atoms with van der Waals surface area (Å²) in [5.74, 6) is -1.20. The fourth-order valence-corrected chi connectivity index (χ4v) is 2.35. The first-order valence-electron chi connectivity index (χ1n) is 6.53. The molecule has 0 spiro atoms. The Morgan fingerprint density at radius 1 is 1.22 bits per heavy atom. The molecule has 3 rings (SSSR count). The molecular weight excluding hydrogens is 311 g/mol. The third kappa shape index (κ3) is 2.63. The van der Waals surface area contributed by atoms with Crippen LogP contribution in [0.5, 0.6) is 0 Å². The lowest BCUT2D eigenvalue weighted by molar-refractivity contribution is -0.137. The highest BCUT2D eigenvalue weighted by Gasteiger charge is 2.30. The predicted octanol–water partition coefficient (Wildman–Crippen LogP) is 3.42. The Balaban J connectivity index is 2.17. The fraction of sp³-hybridized carbons (Fsp3) is 0.133. The lowest BCUT2D eigenvalue weighted by Gasteiger charge is -2.08. The van der Waals surface area contributed by atoms with Crippen molar-refractivity contribution < 1.29 is 23.1 Å². The highest BCUT2D eigenvalue weighted by atomic mass is 19.4. The maximum absolute atomic E-state index is 12.6. The van der Waals surface area contributed by atoms with Gasteiger partial charge in [-0.2, -0.15) is 13.2 Å². The van der Waals surface area contributed by atoms with E-state index in [1.807, 2.05) is 0 Å². The van der Waals surface area contributed by atoms with Crippen LogP contribution in [-0.2, 0) is 6.18 Å². The van der Waals surface area contributed by atoms with Gasteiger partial charge in [-0.15, -0.1) is 0 Å². The van der Waals surface area contributed by atoms with Gasteiger partial charge in [0.15, 0.2) is 11.3 Å². The van der Waals surface area contributed by atoms with Crippen LogP contribution in [0.4, 0.5) is 13.2 Å². The number of halogens is 3. The molecule has 5 nitrogen and oxygen atoms in total. The lowest BCUT2D eigenvalue weighted by atomic mass is 10.1. The molecule has 0 unspecified atom stereocenters. The van der Waals surface area contributed by atoms with E-state index in [0.717, 1.165) is 12.1 Å². The summed E-state index contributed by atoms with van der Waals surface area (Å²) in [6, 6.07) is 4.63. The van der Waals surface area contributed by atoms with Crippen LogP contribution in [0.25, 0.3) is 16.9 Å². The number of rotatable bonds is 2. The molecule has 0 atom stereocenters. The Bertz CT molecular complexity index is 899. The normalized spacial score (nSPS) is 11.8. The van der Waals surface area contributed by atoms with Gasteiger partial charge in [0.25, 0.3) is 0 Å². The number of carbonyl (C=O) groups is 1. The van der Waals surface area contributed by atoms with Crippen LogP contribution in [0.2, 0.25) is 0 Å². The molecule has 8 heteroatoms. The van der Waals surface area contributed by atoms with Gasteiger partial charge in [0.1, 0.15) is 0 Å². The van der Waals surface area contributed by atoms with E-state index in [9.17, 15) is 18.0 Å². The second-order valence-electron chi connectivity index (χ2n) is 4.93. The van der Waals surface area contributed by atoms with E-state index in [4.69, 9.17) is 5.11 Å². The molecular formula is C15H10F3N3O2. The quantitative estimate of drug-likeness (QED) is 0.785. The van der Waals surface area contributed by atoms with E-state index in [1.54, 1.807) is 6.92 Å². The van der Waals surface area contributed by atoms with E-state index in [1.165, 1.54) is 28.9 Å². The number of aryl methyl sites for hydroxylation is 1. The van der Waals surface area contributed by atoms with Gasteiger partial charge in [0.05, 0.1) is 23.1 Å². The van der Waals surface area contributed by atoms with Crippen molar-refractivity contribution in [2.45, 2.75) is 13.1 Å². The van der Waals surface area contributed by atoms with Gasteiger partial charge in [0.2, 0.25) is 0 Å². The van der Waals surface area contributed by atoms with E-state index in [-0.39, 0.29) is 5.69 Å². The Morgan fingerprint density at radius 2 is 1.87 bits per heavy atom. The minimum absolute atomic E-state index is 0.178. The zero-order valence-electron chi connectivity index (χ0n) is 11.8. The van der Waals surface area contributed by atoms with Crippen LogP contribution in [0, 0.1) is 6.92 Å². The Kier molecular flexibility index (Phi) is 3.32. The van der Waals surface area contributed by atoms with Gasteiger partial charge in [-0.25, -0.2) is 14.8 Å². The Labute approximate surface area is 128 Å². The van der Waals surface area contributed by atoms with Gasteiger partial charge >= 0.3 is 12.1 Å². The standard InChI is InChI=1S/C15H10F3N3O2/c1-8-13(9-2-4-10(5-3-9)15(16,17)18)21-7-11(14(22)23)19-6-12(21)20-8/h2-7H,1H3,(H,22,23). The molecule has 2 heterocycles. The predicted molar refractivity (Wildman–Crippen MR) is 75.1 cm³/mol. The van der Waals surface area contributed by atoms with Crippen molar-refractivity contribution in [2.24, 2.45) is 0 Å². The second-order valence-corrected chi connectivity index (χ2v) is 4.93. The molecule has 118 valence electrons. The first-order valence-corrected chi connectivity index (χ1v) is 6.53. The average Bonchev–Trinajstić information content (AvgIpc) is 2.81. The molecule has 0 saturated heterocycles. The van der Waals surface area contributed by atoms with Crippen LogP contribution < -0.4 is 0 Å². The third-order valence-corrected chi connectivity index (χ3v) is 3.39. The maximum atomic E-state index is 12.6. The van der Waals surface area contributed by atoms with Gasteiger partial charge < -0.3 is 5.11 Å². The first kappa shape index (κ1) is 15.0. The third-order valence-electron chi connectivity index (χ3n) is 3.39. The molecule has 0 amide bonds. The summed E-state index contributed by atoms with van der Waals surface area (Å²) in [5.41, 5.74) is 1.09. The summed E-state index contributed by atoms with van der Waals surface area (Å²) in [7, 11) is 0. The smallest absolute Gasteiger partial charge is 0.416 e. The highest BCUT2D eigenvalue weighted by Crippen LogP contribution is 2.32. The summed E-state index contributed by atoms with van der Waals surface area (Å²) in [6.07, 6.45) is -1.80. The number of aromatic carboxylic acids is 1. The van der Waals surface area contributed by atoms with Gasteiger partial charge in [0, 0.05) is 11.8 Å². The van der Waals surface area contributed by atoms with E-state index < -0.39 is 17.7 Å². The number of aromatic nitrogens is 3. The van der Waals surface area contributed by atoms with Gasteiger partial charge in [-0.1, -0.05) is 12.1 Å². The van der Waals surface area contributed by atoms with Crippen molar-refractivity contribution in [3.05, 3.63) is 53.6 Å². The molecule has 1 N–H and O–H groups in total. The van der Waals surface area contributed by atoms with Crippen molar-refractivity contribution in [3.8, 4) is 11.3 Å². The number of hydrogen-bond acceptors (Lipinski definition) is 3. The lowest BCUT2D eigenvalue weighted by Crippen LogP contribution is -2.05. The summed E-state index contributed by atoms with van der Waals surface area (Å²) in [6.45, 7) is 1.69. The van der Waals surface area contributed by atoms with Crippen LogP contribution >= 0.6 is 0 Å². The number of imidazole rings is 1. The molecule has 0 aliphatic heterocycles. The Morgan fingerprint density at radius 3 is 2.43 bits per heavy atom. The van der Waals surface area contributed by atoms with Crippen molar-refractivity contribution in [1.82, 2.24) is 14.4 Å². The summed E-state index contributed by atoms with van der Waals surface area (Å²) in [4.78, 5) is 19.0. The van der Waals surface area contributed by atoms with Crippen molar-refractivity contribution in [3.63, 3.8) is 0 Å². The number of carboxylic acid groups (broad SMARTS) is 1. The SMILES string of the molecule is Cc1nc2cnc(C(=O)O)cn2c1-c1ccc(C(F)(F)F)cc1. The summed E-state index contributed by atoms with van der Waals surface area (Å²) in [5, 5.41) is 9.02. The zero-order valence-corrected chi connectivity index (χ0v) is 11.8. The monoisotopic (exact) mass is 321 g/mol. The molecule has 0 aliphatic carbocycles. The molecule has 2 aromatic heterocycles. The summed E-state index contributed by atoms with van der Waals surface area (Å²) < 4.78 is 39.4. The van der Waals surface area contributed by atoms with E-state index >= 15 is 0 Å². The summed E-state index contributed by atoms with van der Waals surface area (Å²) >= 11 is 0. The van der Waals surface area contributed by atoms with Crippen LogP contribution in [-0.4, -0.2) is 25.4 Å². The van der Waals surface area contributed by atoms with Crippen LogP contribution in [0.1, 0.15) is 21.7 Å². The minimum Gasteiger partial charge on any atom is -0.476 e. The molecule has 0 aliphatic rings. The molecule has 0 saturated carbocycles. The molecule has 1 aromatic carbocycles. The van der Waals surface area contributed by atoms with Crippen LogP contribution in [0.3, 0.4) is 0 Å². The second kappa shape index (κ2) is 5.08. The molecule has 0 fully saturated rings. The molecule has 23 heavy (non-hydrogen) atoms. The number of alkyl halides is 3. The maximum Gasteiger partial charge on any atom is 0.416 e. The van der Waals surface area contributed by atoms with Gasteiger partial charge in [-0.05, 0) is 19.1 Å². The zero-order chi connectivity index (χ0) is 16.8. The van der Waals surface area contributed by atoms with Crippen molar-refractivity contribution in [2.75, 3.05) is 0 Å². The molecule has 0 bridgehead atoms. The Hall–Kier alpha value is -2.90. The fourth-order valence-electron chi connectivity index (χ4n) is 2.35. The van der Waals surface area contributed by atoms with E-state index in [0.29, 0.717) is 22.6 Å². The number of nitrogens with zero attached hydrogens (tertiary/aromatic N) is 3. The largest absolute Gasteiger partial charge is 0.476 e.